The maximum absolute atomic E-state index is 10.5. The molecular formula is C10H14O2Si. The maximum atomic E-state index is 10.5. The van der Waals surface area contributed by atoms with Crippen molar-refractivity contribution < 1.29 is 9.90 Å². The number of aromatic carboxylic acids is 1. The number of rotatable bonds is 3. The fourth-order valence-electron chi connectivity index (χ4n) is 1.25. The Kier molecular flexibility index (Phi) is 3.25. The van der Waals surface area contributed by atoms with E-state index in [0.29, 0.717) is 5.56 Å². The van der Waals surface area contributed by atoms with E-state index in [2.05, 4.69) is 13.1 Å². The van der Waals surface area contributed by atoms with E-state index in [0.717, 1.165) is 6.04 Å². The smallest absolute Gasteiger partial charge is 0.335 e. The van der Waals surface area contributed by atoms with Crippen LogP contribution in [0.4, 0.5) is 0 Å². The van der Waals surface area contributed by atoms with Crippen LogP contribution in [-0.2, 0) is 6.04 Å². The predicted octanol–water partition coefficient (Wildman–Crippen LogP) is 1.95. The van der Waals surface area contributed by atoms with Gasteiger partial charge >= 0.3 is 5.97 Å². The number of hydrogen-bond acceptors (Lipinski definition) is 1. The van der Waals surface area contributed by atoms with Gasteiger partial charge < -0.3 is 5.11 Å². The molecule has 0 aliphatic carbocycles. The van der Waals surface area contributed by atoms with E-state index in [4.69, 9.17) is 5.11 Å². The van der Waals surface area contributed by atoms with Crippen LogP contribution in [0.5, 0.6) is 0 Å². The van der Waals surface area contributed by atoms with Gasteiger partial charge in [-0.3, -0.25) is 0 Å². The predicted molar refractivity (Wildman–Crippen MR) is 56.0 cm³/mol. The lowest BCUT2D eigenvalue weighted by Crippen LogP contribution is -2.05. The Morgan fingerprint density at radius 2 is 1.85 bits per heavy atom. The van der Waals surface area contributed by atoms with Gasteiger partial charge in [0.25, 0.3) is 0 Å². The van der Waals surface area contributed by atoms with E-state index in [-0.39, 0.29) is 0 Å². The number of carbonyl (C=O) groups is 1. The second-order valence-electron chi connectivity index (χ2n) is 3.60. The largest absolute Gasteiger partial charge is 0.478 e. The summed E-state index contributed by atoms with van der Waals surface area (Å²) in [5.41, 5.74) is 1.63. The Balaban J connectivity index is 2.75. The molecule has 1 rings (SSSR count). The van der Waals surface area contributed by atoms with Crippen molar-refractivity contribution in [3.8, 4) is 0 Å². The van der Waals surface area contributed by atoms with Crippen LogP contribution >= 0.6 is 0 Å². The summed E-state index contributed by atoms with van der Waals surface area (Å²) in [5.74, 6) is -0.853. The lowest BCUT2D eigenvalue weighted by atomic mass is 10.1. The van der Waals surface area contributed by atoms with E-state index in [1.165, 1.54) is 5.56 Å². The SMILES string of the molecule is C[SiH](C)Cc1ccc(C(=O)O)cc1. The Hall–Kier alpha value is -1.09. The van der Waals surface area contributed by atoms with Gasteiger partial charge in [0.2, 0.25) is 0 Å². The van der Waals surface area contributed by atoms with Crippen molar-refractivity contribution in [2.24, 2.45) is 0 Å². The Labute approximate surface area is 79.8 Å². The van der Waals surface area contributed by atoms with Crippen molar-refractivity contribution in [3.05, 3.63) is 35.4 Å². The third-order valence-electron chi connectivity index (χ3n) is 1.84. The van der Waals surface area contributed by atoms with Gasteiger partial charge in [0.05, 0.1) is 5.56 Å². The van der Waals surface area contributed by atoms with E-state index < -0.39 is 14.8 Å². The second-order valence-corrected chi connectivity index (χ2v) is 6.80. The van der Waals surface area contributed by atoms with Gasteiger partial charge in [-0.25, -0.2) is 4.79 Å². The zero-order valence-corrected chi connectivity index (χ0v) is 9.10. The van der Waals surface area contributed by atoms with E-state index in [9.17, 15) is 4.79 Å². The molecule has 0 aliphatic heterocycles. The van der Waals surface area contributed by atoms with Crippen LogP contribution in [0.3, 0.4) is 0 Å². The average Bonchev–Trinajstić information content (AvgIpc) is 2.04. The van der Waals surface area contributed by atoms with Crippen LogP contribution in [0.1, 0.15) is 15.9 Å². The third kappa shape index (κ3) is 3.03. The van der Waals surface area contributed by atoms with Crippen molar-refractivity contribution >= 4 is 14.8 Å². The van der Waals surface area contributed by atoms with Crippen LogP contribution in [0.15, 0.2) is 24.3 Å². The summed E-state index contributed by atoms with van der Waals surface area (Å²) < 4.78 is 0. The molecule has 0 atom stereocenters. The number of benzene rings is 1. The standard InChI is InChI=1S/C10H14O2Si/c1-13(2)7-8-3-5-9(6-4-8)10(11)12/h3-6,13H,7H2,1-2H3,(H,11,12). The minimum absolute atomic E-state index is 0.370. The molecule has 3 heteroatoms. The van der Waals surface area contributed by atoms with Crippen molar-refractivity contribution in [2.45, 2.75) is 19.1 Å². The molecule has 13 heavy (non-hydrogen) atoms. The van der Waals surface area contributed by atoms with Gasteiger partial charge in [0.1, 0.15) is 0 Å². The zero-order chi connectivity index (χ0) is 9.84. The summed E-state index contributed by atoms with van der Waals surface area (Å²) in [5, 5.41) is 8.67. The molecule has 1 aromatic rings. The molecule has 0 amide bonds. The summed E-state index contributed by atoms with van der Waals surface area (Å²) in [7, 11) is -0.585. The van der Waals surface area contributed by atoms with Crippen LogP contribution < -0.4 is 0 Å². The first kappa shape index (κ1) is 9.99. The van der Waals surface area contributed by atoms with Crippen LogP contribution in [-0.4, -0.2) is 19.9 Å². The quantitative estimate of drug-likeness (QED) is 0.747. The minimum atomic E-state index is -0.853. The minimum Gasteiger partial charge on any atom is -0.478 e. The molecule has 0 heterocycles. The monoisotopic (exact) mass is 194 g/mol. The van der Waals surface area contributed by atoms with Gasteiger partial charge in [-0.05, 0) is 18.2 Å². The van der Waals surface area contributed by atoms with Crippen LogP contribution in [0.2, 0.25) is 13.1 Å². The molecular weight excluding hydrogens is 180 g/mol. The number of carboxylic acid groups (broad SMARTS) is 1. The third-order valence-corrected chi connectivity index (χ3v) is 3.13. The van der Waals surface area contributed by atoms with Crippen molar-refractivity contribution in [3.63, 3.8) is 0 Å². The first-order chi connectivity index (χ1) is 6.09. The molecule has 0 unspecified atom stereocenters. The highest BCUT2D eigenvalue weighted by Gasteiger charge is 2.02. The van der Waals surface area contributed by atoms with Gasteiger partial charge in [-0.1, -0.05) is 30.8 Å². The summed E-state index contributed by atoms with van der Waals surface area (Å²) in [6, 6.07) is 8.32. The average molecular weight is 194 g/mol. The van der Waals surface area contributed by atoms with Crippen LogP contribution in [0, 0.1) is 0 Å². The van der Waals surface area contributed by atoms with E-state index in [1.807, 2.05) is 12.1 Å². The number of hydrogen-bond donors (Lipinski definition) is 1. The fourth-order valence-corrected chi connectivity index (χ4v) is 2.47. The highest BCUT2D eigenvalue weighted by Crippen LogP contribution is 2.06. The Morgan fingerprint density at radius 1 is 1.31 bits per heavy atom. The van der Waals surface area contributed by atoms with Gasteiger partial charge in [0.15, 0.2) is 0 Å². The van der Waals surface area contributed by atoms with Gasteiger partial charge in [0, 0.05) is 8.80 Å². The molecule has 0 saturated heterocycles. The Morgan fingerprint density at radius 3 is 2.23 bits per heavy atom. The first-order valence-electron chi connectivity index (χ1n) is 4.42. The van der Waals surface area contributed by atoms with Crippen LogP contribution in [0.25, 0.3) is 0 Å². The van der Waals surface area contributed by atoms with Crippen molar-refractivity contribution in [1.82, 2.24) is 0 Å². The molecule has 0 aromatic heterocycles. The zero-order valence-electron chi connectivity index (χ0n) is 7.95. The van der Waals surface area contributed by atoms with Gasteiger partial charge in [-0.2, -0.15) is 0 Å². The number of carboxylic acids is 1. The topological polar surface area (TPSA) is 37.3 Å². The summed E-state index contributed by atoms with van der Waals surface area (Å²) in [6.45, 7) is 4.57. The molecule has 0 saturated carbocycles. The molecule has 0 spiro atoms. The lowest BCUT2D eigenvalue weighted by Gasteiger charge is -2.03. The molecule has 1 N–H and O–H groups in total. The highest BCUT2D eigenvalue weighted by molar-refractivity contribution is 6.55. The Bertz CT molecular complexity index is 290. The highest BCUT2D eigenvalue weighted by atomic mass is 28.3. The molecule has 2 nitrogen and oxygen atoms in total. The molecule has 0 fully saturated rings. The molecule has 70 valence electrons. The second kappa shape index (κ2) is 4.23. The van der Waals surface area contributed by atoms with E-state index in [1.54, 1.807) is 12.1 Å². The van der Waals surface area contributed by atoms with E-state index >= 15 is 0 Å². The summed E-state index contributed by atoms with van der Waals surface area (Å²) >= 11 is 0. The normalized spacial score (nSPS) is 10.4. The summed E-state index contributed by atoms with van der Waals surface area (Å²) in [6.07, 6.45) is 0. The maximum Gasteiger partial charge on any atom is 0.335 e. The lowest BCUT2D eigenvalue weighted by molar-refractivity contribution is 0.0697. The van der Waals surface area contributed by atoms with Crippen molar-refractivity contribution in [2.75, 3.05) is 0 Å². The molecule has 0 radical (unpaired) electrons. The molecule has 0 bridgehead atoms. The van der Waals surface area contributed by atoms with Crippen molar-refractivity contribution in [1.29, 1.82) is 0 Å². The van der Waals surface area contributed by atoms with Gasteiger partial charge in [-0.15, -0.1) is 0 Å². The first-order valence-corrected chi connectivity index (χ1v) is 7.54. The molecule has 0 aliphatic rings. The fraction of sp³-hybridized carbons (Fsp3) is 0.300. The molecule has 1 aromatic carbocycles. The summed E-state index contributed by atoms with van der Waals surface area (Å²) in [4.78, 5) is 10.5.